The number of amides is 1. The molecule has 1 atom stereocenters. The topological polar surface area (TPSA) is 53.0 Å². The van der Waals surface area contributed by atoms with Gasteiger partial charge in [-0.25, -0.2) is 0 Å². The molecule has 0 aliphatic carbocycles. The second-order valence-corrected chi connectivity index (χ2v) is 6.10. The van der Waals surface area contributed by atoms with Gasteiger partial charge in [0.15, 0.2) is 5.78 Å². The molecule has 23 heavy (non-hydrogen) atoms. The lowest BCUT2D eigenvalue weighted by molar-refractivity contribution is -0.124. The number of ketones is 1. The van der Waals surface area contributed by atoms with Gasteiger partial charge in [0.1, 0.15) is 11.8 Å². The van der Waals surface area contributed by atoms with Crippen LogP contribution in [0.2, 0.25) is 0 Å². The van der Waals surface area contributed by atoms with Gasteiger partial charge in [-0.15, -0.1) is 0 Å². The van der Waals surface area contributed by atoms with Crippen molar-refractivity contribution >= 4 is 23.1 Å². The molecule has 5 heteroatoms. The summed E-state index contributed by atoms with van der Waals surface area (Å²) in [6.07, 6.45) is 2.07. The van der Waals surface area contributed by atoms with E-state index in [0.717, 1.165) is 18.5 Å². The maximum atomic E-state index is 12.7. The predicted molar refractivity (Wildman–Crippen MR) is 90.4 cm³/mol. The Balaban J connectivity index is 1.81. The largest absolute Gasteiger partial charge is 0.337 e. The van der Waals surface area contributed by atoms with E-state index in [4.69, 9.17) is 0 Å². The van der Waals surface area contributed by atoms with Gasteiger partial charge in [0.05, 0.1) is 5.69 Å². The van der Waals surface area contributed by atoms with Crippen LogP contribution in [0.1, 0.15) is 26.2 Å². The monoisotopic (exact) mass is 311 g/mol. The Morgan fingerprint density at radius 1 is 1.17 bits per heavy atom. The Hall–Kier alpha value is -2.43. The van der Waals surface area contributed by atoms with E-state index in [2.05, 4.69) is 11.7 Å². The number of benzene rings is 1. The van der Waals surface area contributed by atoms with Gasteiger partial charge in [-0.3, -0.25) is 14.6 Å². The molecule has 120 valence electrons. The van der Waals surface area contributed by atoms with Crippen molar-refractivity contribution in [2.45, 2.75) is 32.2 Å². The molecule has 1 aromatic rings. The van der Waals surface area contributed by atoms with Crippen LogP contribution in [0, 0.1) is 0 Å². The van der Waals surface area contributed by atoms with Gasteiger partial charge in [-0.05, 0) is 31.9 Å². The van der Waals surface area contributed by atoms with Crippen molar-refractivity contribution in [3.8, 4) is 0 Å². The molecule has 1 unspecified atom stereocenters. The summed E-state index contributed by atoms with van der Waals surface area (Å²) in [5, 5.41) is 6.15. The van der Waals surface area contributed by atoms with Crippen molar-refractivity contribution < 1.29 is 9.59 Å². The average Bonchev–Trinajstić information content (AvgIpc) is 3.01. The van der Waals surface area contributed by atoms with E-state index >= 15 is 0 Å². The van der Waals surface area contributed by atoms with Crippen LogP contribution in [0.3, 0.4) is 0 Å². The molecule has 3 rings (SSSR count). The van der Waals surface area contributed by atoms with Crippen LogP contribution in [-0.2, 0) is 9.59 Å². The second-order valence-electron chi connectivity index (χ2n) is 6.10. The fraction of sp³-hybridized carbons (Fsp3) is 0.389. The number of hydrazone groups is 1. The molecular weight excluding hydrogens is 290 g/mol. The molecule has 1 saturated heterocycles. The summed E-state index contributed by atoms with van der Waals surface area (Å²) in [5.41, 5.74) is 2.50. The van der Waals surface area contributed by atoms with Crippen LogP contribution in [0.25, 0.3) is 0 Å². The third-order valence-electron chi connectivity index (χ3n) is 4.40. The van der Waals surface area contributed by atoms with E-state index in [-0.39, 0.29) is 11.7 Å². The van der Waals surface area contributed by atoms with Crippen molar-refractivity contribution in [3.63, 3.8) is 0 Å². The number of Topliss-reactive ketones (excluding diaryl/α,β-unsaturated/α-hetero) is 1. The summed E-state index contributed by atoms with van der Waals surface area (Å²) in [5.74, 6) is -0.0328. The van der Waals surface area contributed by atoms with E-state index in [1.807, 2.05) is 35.2 Å². The first-order valence-electron chi connectivity index (χ1n) is 7.94. The molecule has 0 aromatic heterocycles. The fourth-order valence-electron chi connectivity index (χ4n) is 2.98. The van der Waals surface area contributed by atoms with Gasteiger partial charge in [-0.1, -0.05) is 30.4 Å². The third-order valence-corrected chi connectivity index (χ3v) is 4.40. The van der Waals surface area contributed by atoms with E-state index in [1.165, 1.54) is 5.57 Å². The van der Waals surface area contributed by atoms with Crippen molar-refractivity contribution in [1.29, 1.82) is 0 Å². The molecule has 0 bridgehead atoms. The molecule has 2 aliphatic rings. The van der Waals surface area contributed by atoms with Gasteiger partial charge < -0.3 is 4.90 Å². The average molecular weight is 311 g/mol. The minimum atomic E-state index is -0.392. The number of nitrogens with zero attached hydrogens (tertiary/aromatic N) is 3. The van der Waals surface area contributed by atoms with Gasteiger partial charge in [0.25, 0.3) is 5.91 Å². The van der Waals surface area contributed by atoms with Crippen LogP contribution in [0.5, 0.6) is 0 Å². The van der Waals surface area contributed by atoms with Crippen LogP contribution < -0.4 is 5.01 Å². The first kappa shape index (κ1) is 15.5. The fourth-order valence-corrected chi connectivity index (χ4v) is 2.98. The molecule has 2 aliphatic heterocycles. The molecule has 5 nitrogen and oxygen atoms in total. The maximum Gasteiger partial charge on any atom is 0.270 e. The molecule has 0 saturated carbocycles. The number of anilines is 1. The van der Waals surface area contributed by atoms with E-state index < -0.39 is 6.04 Å². The number of carbonyl (C=O) groups excluding carboxylic acids is 2. The summed E-state index contributed by atoms with van der Waals surface area (Å²) in [6.45, 7) is 6.90. The minimum absolute atomic E-state index is 0.0208. The molecule has 2 heterocycles. The van der Waals surface area contributed by atoms with Crippen molar-refractivity contribution in [2.24, 2.45) is 5.10 Å². The van der Waals surface area contributed by atoms with Crippen molar-refractivity contribution in [3.05, 3.63) is 42.5 Å². The number of para-hydroxylation sites is 1. The summed E-state index contributed by atoms with van der Waals surface area (Å²) < 4.78 is 0. The Morgan fingerprint density at radius 3 is 2.43 bits per heavy atom. The predicted octanol–water partition coefficient (Wildman–Crippen LogP) is 2.39. The summed E-state index contributed by atoms with van der Waals surface area (Å²) in [4.78, 5) is 26.5. The number of rotatable bonds is 3. The lowest BCUT2D eigenvalue weighted by Crippen LogP contribution is -2.40. The van der Waals surface area contributed by atoms with Crippen molar-refractivity contribution in [1.82, 2.24) is 4.90 Å². The van der Waals surface area contributed by atoms with Crippen LogP contribution in [0.4, 0.5) is 5.69 Å². The first-order chi connectivity index (χ1) is 11.1. The molecule has 1 fully saturated rings. The number of piperidine rings is 1. The molecule has 0 spiro atoms. The Bertz CT molecular complexity index is 656. The molecule has 0 radical (unpaired) electrons. The zero-order chi connectivity index (χ0) is 16.4. The highest BCUT2D eigenvalue weighted by molar-refractivity contribution is 6.40. The van der Waals surface area contributed by atoms with E-state index in [1.54, 1.807) is 11.9 Å². The summed E-state index contributed by atoms with van der Waals surface area (Å²) in [7, 11) is 0. The van der Waals surface area contributed by atoms with Gasteiger partial charge in [0.2, 0.25) is 0 Å². The number of carbonyl (C=O) groups is 2. The molecule has 1 amide bonds. The first-order valence-corrected chi connectivity index (χ1v) is 7.94. The highest BCUT2D eigenvalue weighted by atomic mass is 16.2. The van der Waals surface area contributed by atoms with Crippen LogP contribution in [-0.4, -0.2) is 41.4 Å². The normalized spacial score (nSPS) is 21.3. The Labute approximate surface area is 136 Å². The number of likely N-dealkylation sites (tertiary alicyclic amines) is 1. The highest BCUT2D eigenvalue weighted by Crippen LogP contribution is 2.26. The standard InChI is InChI=1S/C18H21N3O2/c1-13-8-10-20(11-9-13)18(23)16-12-17(14(2)22)21(19-16)15-6-4-3-5-7-15/h3-7,17H,1,8-12H2,2H3. The Morgan fingerprint density at radius 2 is 1.83 bits per heavy atom. The van der Waals surface area contributed by atoms with E-state index in [0.29, 0.717) is 25.2 Å². The maximum absolute atomic E-state index is 12.7. The lowest BCUT2D eigenvalue weighted by Gasteiger charge is -2.27. The number of hydrogen-bond acceptors (Lipinski definition) is 4. The second kappa shape index (κ2) is 6.36. The van der Waals surface area contributed by atoms with Gasteiger partial charge in [0, 0.05) is 19.5 Å². The molecular formula is C18H21N3O2. The zero-order valence-corrected chi connectivity index (χ0v) is 13.4. The van der Waals surface area contributed by atoms with Gasteiger partial charge in [-0.2, -0.15) is 5.10 Å². The smallest absolute Gasteiger partial charge is 0.270 e. The highest BCUT2D eigenvalue weighted by Gasteiger charge is 2.36. The molecule has 0 N–H and O–H groups in total. The van der Waals surface area contributed by atoms with Gasteiger partial charge >= 0.3 is 0 Å². The Kier molecular flexibility index (Phi) is 4.28. The number of hydrogen-bond donors (Lipinski definition) is 0. The SMILES string of the molecule is C=C1CCN(C(=O)C2=NN(c3ccccc3)C(C(C)=O)C2)CC1. The third kappa shape index (κ3) is 3.18. The van der Waals surface area contributed by atoms with Crippen LogP contribution in [0.15, 0.2) is 47.6 Å². The van der Waals surface area contributed by atoms with Crippen molar-refractivity contribution in [2.75, 3.05) is 18.1 Å². The zero-order valence-electron chi connectivity index (χ0n) is 13.4. The van der Waals surface area contributed by atoms with Crippen LogP contribution >= 0.6 is 0 Å². The summed E-state index contributed by atoms with van der Waals surface area (Å²) in [6, 6.07) is 9.13. The quantitative estimate of drug-likeness (QED) is 0.805. The van der Waals surface area contributed by atoms with E-state index in [9.17, 15) is 9.59 Å². The minimum Gasteiger partial charge on any atom is -0.337 e. The lowest BCUT2D eigenvalue weighted by atomic mass is 10.0. The summed E-state index contributed by atoms with van der Waals surface area (Å²) >= 11 is 0. The molecule has 1 aromatic carbocycles.